The van der Waals surface area contributed by atoms with Gasteiger partial charge >= 0.3 is 0 Å². The maximum atomic E-state index is 9.50. The van der Waals surface area contributed by atoms with Gasteiger partial charge in [-0.2, -0.15) is 0 Å². The van der Waals surface area contributed by atoms with Crippen LogP contribution < -0.4 is 0 Å². The van der Waals surface area contributed by atoms with Crippen molar-refractivity contribution in [2.24, 2.45) is 11.3 Å². The predicted octanol–water partition coefficient (Wildman–Crippen LogP) is 0.877. The van der Waals surface area contributed by atoms with Gasteiger partial charge in [-0.25, -0.2) is 0 Å². The molecule has 2 N–H and O–H groups in total. The lowest BCUT2D eigenvalue weighted by atomic mass is 9.81. The van der Waals surface area contributed by atoms with E-state index in [2.05, 4.69) is 0 Å². The normalized spacial score (nSPS) is 50.1. The molecule has 58 valence electrons. The van der Waals surface area contributed by atoms with Gasteiger partial charge in [-0.3, -0.25) is 0 Å². The lowest BCUT2D eigenvalue weighted by Crippen LogP contribution is -2.42. The quantitative estimate of drug-likeness (QED) is 0.493. The van der Waals surface area contributed by atoms with Gasteiger partial charge in [0.25, 0.3) is 0 Å². The zero-order valence-corrected chi connectivity index (χ0v) is 6.30. The molecule has 2 heteroatoms. The van der Waals surface area contributed by atoms with E-state index in [-0.39, 0.29) is 5.41 Å². The lowest BCUT2D eigenvalue weighted by molar-refractivity contribution is -0.229. The van der Waals surface area contributed by atoms with Gasteiger partial charge in [0.05, 0.1) is 0 Å². The first-order valence-corrected chi connectivity index (χ1v) is 3.98. The molecule has 0 radical (unpaired) electrons. The highest BCUT2D eigenvalue weighted by Crippen LogP contribution is 2.58. The average molecular weight is 142 g/mol. The van der Waals surface area contributed by atoms with Crippen molar-refractivity contribution in [2.75, 3.05) is 0 Å². The van der Waals surface area contributed by atoms with Crippen LogP contribution in [0.25, 0.3) is 0 Å². The SMILES string of the molecule is CC12CCC(CC1(O)O)C2. The number of hydrogen-bond donors (Lipinski definition) is 2. The number of fused-ring (bicyclic) bond motifs is 2. The van der Waals surface area contributed by atoms with E-state index in [0.717, 1.165) is 12.8 Å². The summed E-state index contributed by atoms with van der Waals surface area (Å²) in [6, 6.07) is 0. The van der Waals surface area contributed by atoms with Crippen molar-refractivity contribution >= 4 is 0 Å². The van der Waals surface area contributed by atoms with Crippen molar-refractivity contribution in [1.82, 2.24) is 0 Å². The Morgan fingerprint density at radius 3 is 2.20 bits per heavy atom. The summed E-state index contributed by atoms with van der Waals surface area (Å²) in [4.78, 5) is 0. The molecule has 0 saturated heterocycles. The van der Waals surface area contributed by atoms with Crippen LogP contribution in [-0.2, 0) is 0 Å². The molecule has 0 aromatic carbocycles. The maximum Gasteiger partial charge on any atom is 0.168 e. The molecular weight excluding hydrogens is 128 g/mol. The summed E-state index contributed by atoms with van der Waals surface area (Å²) in [5.41, 5.74) is -0.183. The smallest absolute Gasteiger partial charge is 0.168 e. The molecule has 2 nitrogen and oxygen atoms in total. The molecule has 2 rings (SSSR count). The Morgan fingerprint density at radius 2 is 2.00 bits per heavy atom. The monoisotopic (exact) mass is 142 g/mol. The van der Waals surface area contributed by atoms with E-state index in [1.165, 1.54) is 6.42 Å². The van der Waals surface area contributed by atoms with E-state index in [0.29, 0.717) is 12.3 Å². The first-order valence-electron chi connectivity index (χ1n) is 3.98. The molecule has 2 atom stereocenters. The standard InChI is InChI=1S/C8H14O2/c1-7-3-2-6(4-7)5-8(7,9)10/h6,9-10H,2-5H2,1H3. The molecule has 10 heavy (non-hydrogen) atoms. The fourth-order valence-corrected chi connectivity index (χ4v) is 2.55. The first kappa shape index (κ1) is 6.62. The van der Waals surface area contributed by atoms with Gasteiger partial charge < -0.3 is 10.2 Å². The van der Waals surface area contributed by atoms with Crippen LogP contribution in [0.2, 0.25) is 0 Å². The van der Waals surface area contributed by atoms with Crippen LogP contribution in [0.15, 0.2) is 0 Å². The summed E-state index contributed by atoms with van der Waals surface area (Å²) < 4.78 is 0. The molecule has 0 aromatic rings. The summed E-state index contributed by atoms with van der Waals surface area (Å²) in [6.45, 7) is 1.99. The molecule has 2 unspecified atom stereocenters. The van der Waals surface area contributed by atoms with Gasteiger partial charge in [0.2, 0.25) is 0 Å². The minimum atomic E-state index is -1.35. The summed E-state index contributed by atoms with van der Waals surface area (Å²) in [5.74, 6) is -0.768. The third-order valence-corrected chi connectivity index (χ3v) is 3.38. The van der Waals surface area contributed by atoms with Gasteiger partial charge in [-0.1, -0.05) is 6.92 Å². The molecule has 0 aliphatic heterocycles. The summed E-state index contributed by atoms with van der Waals surface area (Å²) >= 11 is 0. The Morgan fingerprint density at radius 1 is 1.30 bits per heavy atom. The maximum absolute atomic E-state index is 9.50. The van der Waals surface area contributed by atoms with Crippen LogP contribution in [0.5, 0.6) is 0 Å². The van der Waals surface area contributed by atoms with Crippen molar-refractivity contribution in [2.45, 2.75) is 38.4 Å². The largest absolute Gasteiger partial charge is 0.365 e. The fourth-order valence-electron chi connectivity index (χ4n) is 2.55. The van der Waals surface area contributed by atoms with Crippen molar-refractivity contribution in [3.8, 4) is 0 Å². The van der Waals surface area contributed by atoms with Crippen molar-refractivity contribution in [3.05, 3.63) is 0 Å². The molecular formula is C8H14O2. The van der Waals surface area contributed by atoms with Crippen LogP contribution in [0.1, 0.15) is 32.6 Å². The number of hydrogen-bond acceptors (Lipinski definition) is 2. The first-order chi connectivity index (χ1) is 4.54. The van der Waals surface area contributed by atoms with Crippen LogP contribution in [0.3, 0.4) is 0 Å². The second-order valence-electron chi connectivity index (χ2n) is 4.19. The van der Waals surface area contributed by atoms with E-state index >= 15 is 0 Å². The zero-order chi connectivity index (χ0) is 7.41. The average Bonchev–Trinajstić information content (AvgIpc) is 2.18. The van der Waals surface area contributed by atoms with Gasteiger partial charge in [-0.05, 0) is 25.2 Å². The van der Waals surface area contributed by atoms with Crippen molar-refractivity contribution < 1.29 is 10.2 Å². The lowest BCUT2D eigenvalue weighted by Gasteiger charge is -2.35. The topological polar surface area (TPSA) is 40.5 Å². The third-order valence-electron chi connectivity index (χ3n) is 3.38. The van der Waals surface area contributed by atoms with Gasteiger partial charge in [0.1, 0.15) is 0 Å². The molecule has 2 saturated carbocycles. The highest BCUT2D eigenvalue weighted by atomic mass is 16.5. The molecule has 2 aliphatic rings. The second-order valence-corrected chi connectivity index (χ2v) is 4.19. The van der Waals surface area contributed by atoms with Crippen molar-refractivity contribution in [1.29, 1.82) is 0 Å². The summed E-state index contributed by atoms with van der Waals surface area (Å²) in [6.07, 6.45) is 3.80. The van der Waals surface area contributed by atoms with Crippen molar-refractivity contribution in [3.63, 3.8) is 0 Å². The van der Waals surface area contributed by atoms with Gasteiger partial charge in [-0.15, -0.1) is 0 Å². The molecule has 0 aromatic heterocycles. The predicted molar refractivity (Wildman–Crippen MR) is 37.2 cm³/mol. The molecule has 2 fully saturated rings. The molecule has 0 heterocycles. The Bertz CT molecular complexity index is 163. The third kappa shape index (κ3) is 0.611. The van der Waals surface area contributed by atoms with Crippen LogP contribution in [-0.4, -0.2) is 16.0 Å². The highest BCUT2D eigenvalue weighted by molar-refractivity contribution is 5.03. The van der Waals surface area contributed by atoms with E-state index in [9.17, 15) is 10.2 Å². The molecule has 2 aliphatic carbocycles. The Labute approximate surface area is 60.9 Å². The summed E-state index contributed by atoms with van der Waals surface area (Å²) in [7, 11) is 0. The molecule has 0 spiro atoms. The van der Waals surface area contributed by atoms with Crippen LogP contribution in [0, 0.1) is 11.3 Å². The molecule has 0 amide bonds. The Kier molecular flexibility index (Phi) is 1.03. The zero-order valence-electron chi connectivity index (χ0n) is 6.30. The van der Waals surface area contributed by atoms with Crippen LogP contribution >= 0.6 is 0 Å². The van der Waals surface area contributed by atoms with Gasteiger partial charge in [0.15, 0.2) is 5.79 Å². The Hall–Kier alpha value is -0.0800. The number of aliphatic hydroxyl groups is 2. The van der Waals surface area contributed by atoms with E-state index in [1.54, 1.807) is 0 Å². The van der Waals surface area contributed by atoms with Gasteiger partial charge in [0, 0.05) is 11.8 Å². The minimum Gasteiger partial charge on any atom is -0.365 e. The van der Waals surface area contributed by atoms with E-state index < -0.39 is 5.79 Å². The number of rotatable bonds is 0. The second kappa shape index (κ2) is 1.56. The minimum absolute atomic E-state index is 0.183. The molecule has 2 bridgehead atoms. The fraction of sp³-hybridized carbons (Fsp3) is 1.00. The van der Waals surface area contributed by atoms with E-state index in [1.807, 2.05) is 6.92 Å². The van der Waals surface area contributed by atoms with E-state index in [4.69, 9.17) is 0 Å². The summed E-state index contributed by atoms with van der Waals surface area (Å²) in [5, 5.41) is 19.0. The Balaban J connectivity index is 2.31. The highest BCUT2D eigenvalue weighted by Gasteiger charge is 2.57. The van der Waals surface area contributed by atoms with Crippen LogP contribution in [0.4, 0.5) is 0 Å².